The second kappa shape index (κ2) is 6.17. The minimum Gasteiger partial charge on any atom is -0.373 e. The molecule has 124 valence electrons. The third-order valence-electron chi connectivity index (χ3n) is 4.06. The number of aromatic nitrogens is 4. The molecule has 2 atom stereocenters. The highest BCUT2D eigenvalue weighted by atomic mass is 32.1. The van der Waals surface area contributed by atoms with Gasteiger partial charge in [-0.2, -0.15) is 5.10 Å². The number of aromatic amines is 2. The van der Waals surface area contributed by atoms with E-state index < -0.39 is 0 Å². The highest BCUT2D eigenvalue weighted by Crippen LogP contribution is 2.31. The van der Waals surface area contributed by atoms with Gasteiger partial charge in [0, 0.05) is 17.5 Å². The molecule has 3 aromatic heterocycles. The van der Waals surface area contributed by atoms with Crippen molar-refractivity contribution in [3.05, 3.63) is 44.8 Å². The van der Waals surface area contributed by atoms with Crippen molar-refractivity contribution in [3.63, 3.8) is 0 Å². The number of rotatable bonds is 3. The number of fused-ring (bicyclic) bond motifs is 1. The van der Waals surface area contributed by atoms with Crippen LogP contribution in [0.25, 0.3) is 11.0 Å². The topological polar surface area (TPSA) is 113 Å². The number of hydrogen-bond donors (Lipinski definition) is 3. The minimum absolute atomic E-state index is 0.00682. The first-order valence-corrected chi connectivity index (χ1v) is 8.48. The molecule has 1 aliphatic rings. The van der Waals surface area contributed by atoms with E-state index in [9.17, 15) is 9.59 Å². The Kier molecular flexibility index (Phi) is 3.87. The first-order valence-electron chi connectivity index (χ1n) is 7.60. The second-order valence-corrected chi connectivity index (χ2v) is 6.58. The van der Waals surface area contributed by atoms with E-state index in [1.807, 2.05) is 17.5 Å². The van der Waals surface area contributed by atoms with Gasteiger partial charge in [0.15, 0.2) is 5.65 Å². The number of carbonyl (C=O) groups excluding carboxylic acids is 1. The molecule has 9 heteroatoms. The van der Waals surface area contributed by atoms with Crippen LogP contribution in [0.3, 0.4) is 0 Å². The van der Waals surface area contributed by atoms with E-state index in [1.165, 1.54) is 6.33 Å². The van der Waals surface area contributed by atoms with Gasteiger partial charge in [0.25, 0.3) is 11.5 Å². The fraction of sp³-hybridized carbons (Fsp3) is 0.333. The van der Waals surface area contributed by atoms with E-state index in [2.05, 4.69) is 25.5 Å². The molecule has 4 rings (SSSR count). The SMILES string of the molecule is O=C(NC1CCOC(c2cccs2)C1)c1[nH]nc2nc[nH]c(=O)c12. The summed E-state index contributed by atoms with van der Waals surface area (Å²) in [6.07, 6.45) is 2.69. The lowest BCUT2D eigenvalue weighted by atomic mass is 10.0. The van der Waals surface area contributed by atoms with Crippen molar-refractivity contribution in [2.45, 2.75) is 25.0 Å². The van der Waals surface area contributed by atoms with Gasteiger partial charge in [-0.1, -0.05) is 6.07 Å². The summed E-state index contributed by atoms with van der Waals surface area (Å²) in [5.41, 5.74) is -0.0202. The Morgan fingerprint density at radius 3 is 3.21 bits per heavy atom. The lowest BCUT2D eigenvalue weighted by Gasteiger charge is -2.29. The molecule has 2 unspecified atom stereocenters. The molecule has 1 amide bonds. The lowest BCUT2D eigenvalue weighted by Crippen LogP contribution is -2.40. The summed E-state index contributed by atoms with van der Waals surface area (Å²) in [5.74, 6) is -0.354. The maximum Gasteiger partial charge on any atom is 0.270 e. The molecule has 24 heavy (non-hydrogen) atoms. The molecule has 1 fully saturated rings. The number of hydrogen-bond acceptors (Lipinski definition) is 6. The largest absolute Gasteiger partial charge is 0.373 e. The van der Waals surface area contributed by atoms with E-state index in [4.69, 9.17) is 4.74 Å². The highest BCUT2D eigenvalue weighted by molar-refractivity contribution is 7.10. The van der Waals surface area contributed by atoms with E-state index in [0.717, 1.165) is 11.3 Å². The fourth-order valence-corrected chi connectivity index (χ4v) is 3.68. The number of nitrogens with zero attached hydrogens (tertiary/aromatic N) is 2. The Morgan fingerprint density at radius 2 is 2.38 bits per heavy atom. The van der Waals surface area contributed by atoms with Crippen molar-refractivity contribution in [1.29, 1.82) is 0 Å². The fourth-order valence-electron chi connectivity index (χ4n) is 2.89. The monoisotopic (exact) mass is 345 g/mol. The van der Waals surface area contributed by atoms with E-state index in [1.54, 1.807) is 11.3 Å². The Labute approximate surface area is 140 Å². The van der Waals surface area contributed by atoms with Crippen molar-refractivity contribution < 1.29 is 9.53 Å². The predicted octanol–water partition coefficient (Wildman–Crippen LogP) is 1.36. The van der Waals surface area contributed by atoms with Gasteiger partial charge in [-0.25, -0.2) is 4.98 Å². The number of H-pyrrole nitrogens is 2. The molecular formula is C15H15N5O3S. The van der Waals surface area contributed by atoms with E-state index in [0.29, 0.717) is 13.0 Å². The van der Waals surface area contributed by atoms with E-state index >= 15 is 0 Å². The van der Waals surface area contributed by atoms with Crippen LogP contribution in [0.1, 0.15) is 34.3 Å². The molecule has 3 aromatic rings. The normalized spacial score (nSPS) is 21.0. The molecule has 0 saturated carbocycles. The number of amides is 1. The average Bonchev–Trinajstić information content (AvgIpc) is 3.25. The highest BCUT2D eigenvalue weighted by Gasteiger charge is 2.27. The second-order valence-electron chi connectivity index (χ2n) is 5.60. The summed E-state index contributed by atoms with van der Waals surface area (Å²) in [7, 11) is 0. The van der Waals surface area contributed by atoms with Gasteiger partial charge in [-0.05, 0) is 24.3 Å². The number of ether oxygens (including phenoxy) is 1. The Bertz CT molecular complexity index is 917. The van der Waals surface area contributed by atoms with Gasteiger partial charge in [0.1, 0.15) is 11.1 Å². The molecule has 0 aliphatic carbocycles. The molecule has 4 heterocycles. The summed E-state index contributed by atoms with van der Waals surface area (Å²) in [6.45, 7) is 0.583. The quantitative estimate of drug-likeness (QED) is 0.663. The molecule has 0 spiro atoms. The summed E-state index contributed by atoms with van der Waals surface area (Å²) in [6, 6.07) is 4.00. The molecule has 0 aromatic carbocycles. The Balaban J connectivity index is 1.52. The molecular weight excluding hydrogens is 330 g/mol. The van der Waals surface area contributed by atoms with Crippen LogP contribution in [0.2, 0.25) is 0 Å². The number of nitrogens with one attached hydrogen (secondary N) is 3. The van der Waals surface area contributed by atoms with Crippen LogP contribution in [0.15, 0.2) is 28.6 Å². The summed E-state index contributed by atoms with van der Waals surface area (Å²) in [4.78, 5) is 32.0. The van der Waals surface area contributed by atoms with Crippen molar-refractivity contribution >= 4 is 28.3 Å². The van der Waals surface area contributed by atoms with Gasteiger partial charge in [-0.3, -0.25) is 14.7 Å². The first-order chi connectivity index (χ1) is 11.7. The number of thiophene rings is 1. The predicted molar refractivity (Wildman–Crippen MR) is 88.0 cm³/mol. The smallest absolute Gasteiger partial charge is 0.270 e. The molecule has 1 aliphatic heterocycles. The zero-order valence-electron chi connectivity index (χ0n) is 12.6. The molecule has 8 nitrogen and oxygen atoms in total. The van der Waals surface area contributed by atoms with Crippen LogP contribution >= 0.6 is 11.3 Å². The Hall–Kier alpha value is -2.52. The van der Waals surface area contributed by atoms with E-state index in [-0.39, 0.29) is 40.3 Å². The maximum absolute atomic E-state index is 12.5. The summed E-state index contributed by atoms with van der Waals surface area (Å²) in [5, 5.41) is 11.7. The van der Waals surface area contributed by atoms with Crippen LogP contribution < -0.4 is 10.9 Å². The van der Waals surface area contributed by atoms with Gasteiger partial charge in [-0.15, -0.1) is 11.3 Å². The van der Waals surface area contributed by atoms with Crippen LogP contribution in [0, 0.1) is 0 Å². The van der Waals surface area contributed by atoms with Crippen LogP contribution in [0.5, 0.6) is 0 Å². The van der Waals surface area contributed by atoms with Gasteiger partial charge in [0.2, 0.25) is 0 Å². The molecule has 3 N–H and O–H groups in total. The molecule has 0 bridgehead atoms. The first kappa shape index (κ1) is 15.0. The van der Waals surface area contributed by atoms with Gasteiger partial charge < -0.3 is 15.0 Å². The van der Waals surface area contributed by atoms with Crippen LogP contribution in [-0.4, -0.2) is 38.7 Å². The zero-order chi connectivity index (χ0) is 16.5. The maximum atomic E-state index is 12.5. The average molecular weight is 345 g/mol. The Morgan fingerprint density at radius 1 is 1.46 bits per heavy atom. The number of carbonyl (C=O) groups is 1. The van der Waals surface area contributed by atoms with Crippen molar-refractivity contribution in [2.75, 3.05) is 6.61 Å². The standard InChI is InChI=1S/C15H15N5O3S/c21-14-11-12(19-20-13(11)16-7-17-14)15(22)18-8-3-4-23-9(6-8)10-2-1-5-24-10/h1-2,5,7-9H,3-4,6H2,(H,18,22)(H2,16,17,19,20,21). The minimum atomic E-state index is -0.387. The van der Waals surface area contributed by atoms with Crippen molar-refractivity contribution in [1.82, 2.24) is 25.5 Å². The third kappa shape index (κ3) is 2.72. The third-order valence-corrected chi connectivity index (χ3v) is 5.03. The summed E-state index contributed by atoms with van der Waals surface area (Å²) < 4.78 is 5.79. The van der Waals surface area contributed by atoms with Crippen molar-refractivity contribution in [3.8, 4) is 0 Å². The lowest BCUT2D eigenvalue weighted by molar-refractivity contribution is 0.00295. The zero-order valence-corrected chi connectivity index (χ0v) is 13.4. The summed E-state index contributed by atoms with van der Waals surface area (Å²) >= 11 is 1.64. The molecule has 0 radical (unpaired) electrons. The van der Waals surface area contributed by atoms with Crippen LogP contribution in [-0.2, 0) is 4.74 Å². The van der Waals surface area contributed by atoms with Crippen LogP contribution in [0.4, 0.5) is 0 Å². The molecule has 1 saturated heterocycles. The van der Waals surface area contributed by atoms with Gasteiger partial charge in [0.05, 0.1) is 12.4 Å². The van der Waals surface area contributed by atoms with Crippen molar-refractivity contribution in [2.24, 2.45) is 0 Å². The van der Waals surface area contributed by atoms with Gasteiger partial charge >= 0.3 is 0 Å².